The van der Waals surface area contributed by atoms with Crippen molar-refractivity contribution in [2.24, 2.45) is 0 Å². The van der Waals surface area contributed by atoms with E-state index in [4.69, 9.17) is 9.47 Å². The maximum Gasteiger partial charge on any atom is 0.275 e. The lowest BCUT2D eigenvalue weighted by Gasteiger charge is -2.21. The number of hydrogen-bond donors (Lipinski definition) is 1. The molecule has 1 fully saturated rings. The average molecular weight is 161 g/mol. The van der Waals surface area contributed by atoms with Gasteiger partial charge in [-0.3, -0.25) is 9.63 Å². The Hall–Kier alpha value is -0.650. The number of carbonyl (C=O) groups excluding carboxylic acids is 1. The molecule has 1 atom stereocenters. The number of ether oxygens (including phenoxy) is 2. The number of carbonyl (C=O) groups is 1. The standard InChI is InChI=1S/C6H11NO4/c1-9-7-6(8)5-4-10-2-3-11-5/h5H,2-4H2,1H3,(H,7,8). The van der Waals surface area contributed by atoms with Crippen molar-refractivity contribution in [1.29, 1.82) is 0 Å². The predicted octanol–water partition coefficient (Wildman–Crippen LogP) is -0.921. The van der Waals surface area contributed by atoms with Crippen molar-refractivity contribution in [1.82, 2.24) is 5.48 Å². The first kappa shape index (κ1) is 8.45. The van der Waals surface area contributed by atoms with Crippen LogP contribution in [0.4, 0.5) is 0 Å². The van der Waals surface area contributed by atoms with Gasteiger partial charge < -0.3 is 9.47 Å². The lowest BCUT2D eigenvalue weighted by atomic mass is 10.3. The van der Waals surface area contributed by atoms with Crippen molar-refractivity contribution in [2.45, 2.75) is 6.10 Å². The third kappa shape index (κ3) is 2.45. The molecule has 11 heavy (non-hydrogen) atoms. The monoisotopic (exact) mass is 161 g/mol. The summed E-state index contributed by atoms with van der Waals surface area (Å²) in [4.78, 5) is 15.4. The van der Waals surface area contributed by atoms with Crippen LogP contribution in [-0.2, 0) is 19.1 Å². The van der Waals surface area contributed by atoms with Crippen LogP contribution in [0.5, 0.6) is 0 Å². The highest BCUT2D eigenvalue weighted by Gasteiger charge is 2.22. The summed E-state index contributed by atoms with van der Waals surface area (Å²) in [5, 5.41) is 0. The van der Waals surface area contributed by atoms with E-state index < -0.39 is 6.10 Å². The summed E-state index contributed by atoms with van der Waals surface area (Å²) in [7, 11) is 1.38. The second kappa shape index (κ2) is 4.27. The molecule has 0 aromatic rings. The summed E-state index contributed by atoms with van der Waals surface area (Å²) in [5.41, 5.74) is 2.17. The van der Waals surface area contributed by atoms with E-state index in [1.54, 1.807) is 0 Å². The van der Waals surface area contributed by atoms with Gasteiger partial charge in [0.15, 0.2) is 6.10 Å². The van der Waals surface area contributed by atoms with Gasteiger partial charge in [-0.15, -0.1) is 0 Å². The zero-order valence-electron chi connectivity index (χ0n) is 6.33. The fourth-order valence-electron chi connectivity index (χ4n) is 0.805. The van der Waals surface area contributed by atoms with Gasteiger partial charge in [0, 0.05) is 0 Å². The molecule has 0 bridgehead atoms. The average Bonchev–Trinajstić information content (AvgIpc) is 2.07. The molecule has 1 rings (SSSR count). The van der Waals surface area contributed by atoms with E-state index in [1.165, 1.54) is 7.11 Å². The largest absolute Gasteiger partial charge is 0.376 e. The quantitative estimate of drug-likeness (QED) is 0.532. The van der Waals surface area contributed by atoms with Crippen LogP contribution < -0.4 is 5.48 Å². The molecule has 0 spiro atoms. The molecule has 1 saturated heterocycles. The smallest absolute Gasteiger partial charge is 0.275 e. The van der Waals surface area contributed by atoms with Gasteiger partial charge in [-0.05, 0) is 0 Å². The molecule has 0 aliphatic carbocycles. The van der Waals surface area contributed by atoms with Crippen LogP contribution in [0.15, 0.2) is 0 Å². The number of amides is 1. The topological polar surface area (TPSA) is 56.8 Å². The van der Waals surface area contributed by atoms with Crippen LogP contribution in [0.2, 0.25) is 0 Å². The first-order valence-electron chi connectivity index (χ1n) is 3.37. The molecule has 0 aromatic carbocycles. The minimum absolute atomic E-state index is 0.299. The van der Waals surface area contributed by atoms with Crippen molar-refractivity contribution < 1.29 is 19.1 Å². The van der Waals surface area contributed by atoms with Crippen LogP contribution >= 0.6 is 0 Å². The van der Waals surface area contributed by atoms with Crippen molar-refractivity contribution in [3.8, 4) is 0 Å². The van der Waals surface area contributed by atoms with Gasteiger partial charge in [0.25, 0.3) is 5.91 Å². The molecule has 5 nitrogen and oxygen atoms in total. The van der Waals surface area contributed by atoms with Gasteiger partial charge in [-0.25, -0.2) is 5.48 Å². The van der Waals surface area contributed by atoms with E-state index in [-0.39, 0.29) is 5.91 Å². The lowest BCUT2D eigenvalue weighted by Crippen LogP contribution is -2.42. The maximum atomic E-state index is 11.0. The molecule has 1 unspecified atom stereocenters. The molecule has 1 heterocycles. The third-order valence-corrected chi connectivity index (χ3v) is 1.31. The van der Waals surface area contributed by atoms with Crippen LogP contribution in [0.3, 0.4) is 0 Å². The molecule has 1 aliphatic rings. The number of rotatable bonds is 2. The predicted molar refractivity (Wildman–Crippen MR) is 35.7 cm³/mol. The maximum absolute atomic E-state index is 11.0. The van der Waals surface area contributed by atoms with Gasteiger partial charge in [-0.1, -0.05) is 0 Å². The van der Waals surface area contributed by atoms with E-state index in [2.05, 4.69) is 10.3 Å². The van der Waals surface area contributed by atoms with E-state index in [1.807, 2.05) is 0 Å². The molecular weight excluding hydrogens is 150 g/mol. The fourth-order valence-corrected chi connectivity index (χ4v) is 0.805. The minimum Gasteiger partial charge on any atom is -0.376 e. The molecule has 64 valence electrons. The highest BCUT2D eigenvalue weighted by atomic mass is 16.6. The van der Waals surface area contributed by atoms with Crippen LogP contribution in [0, 0.1) is 0 Å². The number of hydroxylamine groups is 1. The Kier molecular flexibility index (Phi) is 3.28. The van der Waals surface area contributed by atoms with E-state index >= 15 is 0 Å². The van der Waals surface area contributed by atoms with E-state index in [0.29, 0.717) is 19.8 Å². The Labute approximate surface area is 64.6 Å². The SMILES string of the molecule is CONC(=O)C1COCCO1. The Bertz CT molecular complexity index is 133. The highest BCUT2D eigenvalue weighted by molar-refractivity contribution is 5.79. The Morgan fingerprint density at radius 2 is 2.45 bits per heavy atom. The van der Waals surface area contributed by atoms with Gasteiger partial charge in [0.05, 0.1) is 26.9 Å². The second-order valence-electron chi connectivity index (χ2n) is 2.10. The zero-order valence-corrected chi connectivity index (χ0v) is 6.33. The molecule has 5 heteroatoms. The van der Waals surface area contributed by atoms with Crippen molar-refractivity contribution >= 4 is 5.91 Å². The zero-order chi connectivity index (χ0) is 8.10. The summed E-state index contributed by atoms with van der Waals surface area (Å²) in [5.74, 6) is -0.299. The van der Waals surface area contributed by atoms with Gasteiger partial charge in [0.1, 0.15) is 0 Å². The number of hydrogen-bond acceptors (Lipinski definition) is 4. The van der Waals surface area contributed by atoms with Crippen LogP contribution in [0.25, 0.3) is 0 Å². The molecule has 0 radical (unpaired) electrons. The third-order valence-electron chi connectivity index (χ3n) is 1.31. The fraction of sp³-hybridized carbons (Fsp3) is 0.833. The van der Waals surface area contributed by atoms with Crippen molar-refractivity contribution in [3.05, 3.63) is 0 Å². The molecular formula is C6H11NO4. The van der Waals surface area contributed by atoms with Crippen LogP contribution in [-0.4, -0.2) is 38.9 Å². The summed E-state index contributed by atoms with van der Waals surface area (Å²) < 4.78 is 10.1. The van der Waals surface area contributed by atoms with Crippen LogP contribution in [0.1, 0.15) is 0 Å². The first-order chi connectivity index (χ1) is 5.34. The Balaban J connectivity index is 2.27. The van der Waals surface area contributed by atoms with Crippen molar-refractivity contribution in [2.75, 3.05) is 26.9 Å². The second-order valence-corrected chi connectivity index (χ2v) is 2.10. The molecule has 0 aromatic heterocycles. The van der Waals surface area contributed by atoms with Gasteiger partial charge in [-0.2, -0.15) is 0 Å². The highest BCUT2D eigenvalue weighted by Crippen LogP contribution is 1.99. The summed E-state index contributed by atoms with van der Waals surface area (Å²) >= 11 is 0. The molecule has 1 N–H and O–H groups in total. The van der Waals surface area contributed by atoms with E-state index in [0.717, 1.165) is 0 Å². The van der Waals surface area contributed by atoms with Crippen molar-refractivity contribution in [3.63, 3.8) is 0 Å². The lowest BCUT2D eigenvalue weighted by molar-refractivity contribution is -0.157. The summed E-state index contributed by atoms with van der Waals surface area (Å²) in [6, 6.07) is 0. The van der Waals surface area contributed by atoms with Gasteiger partial charge >= 0.3 is 0 Å². The normalized spacial score (nSPS) is 24.6. The molecule has 1 amide bonds. The van der Waals surface area contributed by atoms with E-state index in [9.17, 15) is 4.79 Å². The Morgan fingerprint density at radius 1 is 1.64 bits per heavy atom. The Morgan fingerprint density at radius 3 is 3.00 bits per heavy atom. The summed E-state index contributed by atoms with van der Waals surface area (Å²) in [6.07, 6.45) is -0.524. The molecule has 0 saturated carbocycles. The number of nitrogens with one attached hydrogen (secondary N) is 1. The minimum atomic E-state index is -0.524. The molecule has 1 aliphatic heterocycles. The van der Waals surface area contributed by atoms with Gasteiger partial charge in [0.2, 0.25) is 0 Å². The summed E-state index contributed by atoms with van der Waals surface area (Å²) in [6.45, 7) is 1.31. The first-order valence-corrected chi connectivity index (χ1v) is 3.37.